The monoisotopic (exact) mass is 380 g/mol. The second kappa shape index (κ2) is 8.91. The van der Waals surface area contributed by atoms with E-state index in [0.717, 1.165) is 17.5 Å². The second-order valence-corrected chi connectivity index (χ2v) is 7.27. The molecule has 2 aromatic carbocycles. The fourth-order valence-electron chi connectivity index (χ4n) is 3.71. The molecule has 0 unspecified atom stereocenters. The summed E-state index contributed by atoms with van der Waals surface area (Å²) in [7, 11) is 1.57. The molecule has 0 saturated carbocycles. The molecule has 0 radical (unpaired) electrons. The molecule has 3 rings (SSSR count). The van der Waals surface area contributed by atoms with Crippen LogP contribution in [-0.2, 0) is 11.3 Å². The van der Waals surface area contributed by atoms with Gasteiger partial charge >= 0.3 is 0 Å². The molecular weight excluding hydrogens is 352 g/mol. The molecule has 1 aliphatic rings. The van der Waals surface area contributed by atoms with E-state index < -0.39 is 0 Å². The predicted molar refractivity (Wildman–Crippen MR) is 109 cm³/mol. The van der Waals surface area contributed by atoms with Crippen molar-refractivity contribution in [1.82, 2.24) is 9.80 Å². The van der Waals surface area contributed by atoms with E-state index in [0.29, 0.717) is 37.4 Å². The highest BCUT2D eigenvalue weighted by atomic mass is 16.5. The molecule has 28 heavy (non-hydrogen) atoms. The van der Waals surface area contributed by atoms with Gasteiger partial charge in [-0.2, -0.15) is 0 Å². The van der Waals surface area contributed by atoms with E-state index in [1.54, 1.807) is 12.0 Å². The summed E-state index contributed by atoms with van der Waals surface area (Å²) in [6.45, 7) is 5.56. The van der Waals surface area contributed by atoms with Gasteiger partial charge in [0.2, 0.25) is 5.91 Å². The highest BCUT2D eigenvalue weighted by molar-refractivity contribution is 5.97. The summed E-state index contributed by atoms with van der Waals surface area (Å²) >= 11 is 0. The first-order chi connectivity index (χ1) is 13.5. The normalized spacial score (nSPS) is 17.4. The Morgan fingerprint density at radius 1 is 1.18 bits per heavy atom. The number of carbonyl (C=O) groups is 2. The lowest BCUT2D eigenvalue weighted by Crippen LogP contribution is -2.43. The summed E-state index contributed by atoms with van der Waals surface area (Å²) in [6, 6.07) is 15.6. The summed E-state index contributed by atoms with van der Waals surface area (Å²) in [5.74, 6) is 0.593. The van der Waals surface area contributed by atoms with Crippen molar-refractivity contribution < 1.29 is 14.3 Å². The van der Waals surface area contributed by atoms with Gasteiger partial charge in [0.05, 0.1) is 12.7 Å². The number of methoxy groups -OCH3 is 1. The maximum atomic E-state index is 13.2. The predicted octanol–water partition coefficient (Wildman–Crippen LogP) is 3.66. The van der Waals surface area contributed by atoms with E-state index in [2.05, 4.69) is 6.92 Å². The first-order valence-corrected chi connectivity index (χ1v) is 9.80. The molecule has 5 nitrogen and oxygen atoms in total. The van der Waals surface area contributed by atoms with Crippen molar-refractivity contribution in [3.63, 3.8) is 0 Å². The molecule has 148 valence electrons. The second-order valence-electron chi connectivity index (χ2n) is 7.27. The van der Waals surface area contributed by atoms with Gasteiger partial charge in [-0.05, 0) is 31.0 Å². The Morgan fingerprint density at radius 3 is 2.61 bits per heavy atom. The largest absolute Gasteiger partial charge is 0.496 e. The summed E-state index contributed by atoms with van der Waals surface area (Å²) in [4.78, 5) is 29.8. The molecule has 0 bridgehead atoms. The molecule has 0 N–H and O–H groups in total. The zero-order valence-corrected chi connectivity index (χ0v) is 16.9. The number of nitrogens with zero attached hydrogens (tertiary/aromatic N) is 2. The molecule has 1 saturated heterocycles. The molecule has 2 amide bonds. The molecule has 0 aromatic heterocycles. The van der Waals surface area contributed by atoms with Crippen molar-refractivity contribution in [2.24, 2.45) is 0 Å². The van der Waals surface area contributed by atoms with Gasteiger partial charge in [-0.15, -0.1) is 0 Å². The molecule has 0 spiro atoms. The number of ether oxygens (including phenoxy) is 1. The van der Waals surface area contributed by atoms with Crippen molar-refractivity contribution in [1.29, 1.82) is 0 Å². The van der Waals surface area contributed by atoms with Gasteiger partial charge in [0, 0.05) is 32.1 Å². The summed E-state index contributed by atoms with van der Waals surface area (Å²) < 4.78 is 5.39. The maximum absolute atomic E-state index is 13.2. The number of carbonyl (C=O) groups excluding carboxylic acids is 2. The lowest BCUT2D eigenvalue weighted by atomic mass is 10.1. The molecule has 0 aliphatic carbocycles. The van der Waals surface area contributed by atoms with E-state index in [1.165, 1.54) is 0 Å². The van der Waals surface area contributed by atoms with Gasteiger partial charge in [-0.25, -0.2) is 0 Å². The number of hydrogen-bond acceptors (Lipinski definition) is 3. The summed E-state index contributed by atoms with van der Waals surface area (Å²) in [5, 5.41) is 0. The molecule has 2 aromatic rings. The SMILES string of the molecule is CC[C@@H]1CN(C(=O)c2cc(C)ccc2OC)CCC(=O)N1Cc1ccccc1. The van der Waals surface area contributed by atoms with Crippen LogP contribution in [0.2, 0.25) is 0 Å². The standard InChI is InChI=1S/C23H28N2O3/c1-4-19-16-24(23(27)20-14-17(2)10-11-21(20)28-3)13-12-22(26)25(19)15-18-8-6-5-7-9-18/h5-11,14,19H,4,12-13,15-16H2,1-3H3/t19-/m1/s1. The van der Waals surface area contributed by atoms with Crippen molar-refractivity contribution in [2.75, 3.05) is 20.2 Å². The van der Waals surface area contributed by atoms with Crippen LogP contribution in [0.25, 0.3) is 0 Å². The van der Waals surface area contributed by atoms with E-state index in [-0.39, 0.29) is 17.9 Å². The topological polar surface area (TPSA) is 49.9 Å². The summed E-state index contributed by atoms with van der Waals surface area (Å²) in [5.41, 5.74) is 2.67. The van der Waals surface area contributed by atoms with Gasteiger partial charge in [0.1, 0.15) is 5.75 Å². The fourth-order valence-corrected chi connectivity index (χ4v) is 3.71. The Morgan fingerprint density at radius 2 is 1.93 bits per heavy atom. The molecule has 1 heterocycles. The molecule has 5 heteroatoms. The number of rotatable bonds is 5. The highest BCUT2D eigenvalue weighted by Gasteiger charge is 2.31. The number of benzene rings is 2. The third-order valence-corrected chi connectivity index (χ3v) is 5.33. The van der Waals surface area contributed by atoms with Gasteiger partial charge in [-0.3, -0.25) is 9.59 Å². The van der Waals surface area contributed by atoms with E-state index in [9.17, 15) is 9.59 Å². The maximum Gasteiger partial charge on any atom is 0.257 e. The summed E-state index contributed by atoms with van der Waals surface area (Å²) in [6.07, 6.45) is 1.14. The van der Waals surface area contributed by atoms with Crippen molar-refractivity contribution in [2.45, 2.75) is 39.3 Å². The number of hydrogen-bond donors (Lipinski definition) is 0. The minimum atomic E-state index is -0.0756. The minimum absolute atomic E-state index is 0.00467. The van der Waals surface area contributed by atoms with Crippen LogP contribution in [-0.4, -0.2) is 47.9 Å². The smallest absolute Gasteiger partial charge is 0.257 e. The van der Waals surface area contributed by atoms with Crippen LogP contribution in [0.4, 0.5) is 0 Å². The third-order valence-electron chi connectivity index (χ3n) is 5.33. The Kier molecular flexibility index (Phi) is 6.34. The van der Waals surface area contributed by atoms with E-state index in [1.807, 2.05) is 60.4 Å². The van der Waals surface area contributed by atoms with Gasteiger partial charge in [-0.1, -0.05) is 48.9 Å². The molecule has 1 aliphatic heterocycles. The van der Waals surface area contributed by atoms with Crippen LogP contribution in [0.15, 0.2) is 48.5 Å². The van der Waals surface area contributed by atoms with Crippen LogP contribution >= 0.6 is 0 Å². The molecule has 1 fully saturated rings. The number of amides is 2. The van der Waals surface area contributed by atoms with Crippen LogP contribution in [0, 0.1) is 6.92 Å². The van der Waals surface area contributed by atoms with Crippen LogP contribution in [0.1, 0.15) is 41.3 Å². The van der Waals surface area contributed by atoms with Crippen LogP contribution < -0.4 is 4.74 Å². The Balaban J connectivity index is 1.83. The zero-order valence-electron chi connectivity index (χ0n) is 16.9. The Labute approximate surface area is 166 Å². The lowest BCUT2D eigenvalue weighted by Gasteiger charge is -2.31. The van der Waals surface area contributed by atoms with Crippen molar-refractivity contribution in [3.8, 4) is 5.75 Å². The average Bonchev–Trinajstić information content (AvgIpc) is 2.87. The highest BCUT2D eigenvalue weighted by Crippen LogP contribution is 2.24. The average molecular weight is 380 g/mol. The van der Waals surface area contributed by atoms with Gasteiger partial charge in [0.25, 0.3) is 5.91 Å². The Hall–Kier alpha value is -2.82. The van der Waals surface area contributed by atoms with E-state index >= 15 is 0 Å². The molecule has 1 atom stereocenters. The Bertz CT molecular complexity index is 835. The van der Waals surface area contributed by atoms with Gasteiger partial charge < -0.3 is 14.5 Å². The van der Waals surface area contributed by atoms with E-state index in [4.69, 9.17) is 4.74 Å². The van der Waals surface area contributed by atoms with Crippen LogP contribution in [0.3, 0.4) is 0 Å². The van der Waals surface area contributed by atoms with Crippen molar-refractivity contribution >= 4 is 11.8 Å². The first-order valence-electron chi connectivity index (χ1n) is 9.80. The van der Waals surface area contributed by atoms with Crippen LogP contribution in [0.5, 0.6) is 5.75 Å². The molecular formula is C23H28N2O3. The number of aryl methyl sites for hydroxylation is 1. The minimum Gasteiger partial charge on any atom is -0.496 e. The third kappa shape index (κ3) is 4.35. The fraction of sp³-hybridized carbons (Fsp3) is 0.391. The quantitative estimate of drug-likeness (QED) is 0.795. The first kappa shape index (κ1) is 19.9. The zero-order chi connectivity index (χ0) is 20.1. The van der Waals surface area contributed by atoms with Gasteiger partial charge in [0.15, 0.2) is 0 Å². The lowest BCUT2D eigenvalue weighted by molar-refractivity contribution is -0.133. The van der Waals surface area contributed by atoms with Crippen molar-refractivity contribution in [3.05, 3.63) is 65.2 Å².